The quantitative estimate of drug-likeness (QED) is 0.331. The van der Waals surface area contributed by atoms with Crippen molar-refractivity contribution in [3.8, 4) is 12.1 Å². The molecule has 0 bridgehead atoms. The molecular formula is C13H24N3O3P. The van der Waals surface area contributed by atoms with Crippen LogP contribution in [0.15, 0.2) is 0 Å². The first-order valence-corrected chi connectivity index (χ1v) is 7.81. The molecular weight excluding hydrogens is 277 g/mol. The van der Waals surface area contributed by atoms with E-state index >= 15 is 0 Å². The molecule has 0 radical (unpaired) electrons. The van der Waals surface area contributed by atoms with Crippen LogP contribution in [0.4, 0.5) is 0 Å². The summed E-state index contributed by atoms with van der Waals surface area (Å²) in [4.78, 5) is 2.16. The fraction of sp³-hybridized carbons (Fsp3) is 0.846. The lowest BCUT2D eigenvalue weighted by Crippen LogP contribution is -2.38. The normalized spacial score (nSPS) is 11.3. The van der Waals surface area contributed by atoms with Crippen LogP contribution < -0.4 is 0 Å². The molecule has 0 spiro atoms. The van der Waals surface area contributed by atoms with Crippen LogP contribution in [0.5, 0.6) is 0 Å². The average Bonchev–Trinajstić information content (AvgIpc) is 2.38. The van der Waals surface area contributed by atoms with Crippen molar-refractivity contribution in [2.24, 2.45) is 0 Å². The molecule has 0 unspecified atom stereocenters. The number of rotatable bonds is 11. The molecule has 0 fully saturated rings. The lowest BCUT2D eigenvalue weighted by Gasteiger charge is -2.30. The molecule has 20 heavy (non-hydrogen) atoms. The average molecular weight is 301 g/mol. The summed E-state index contributed by atoms with van der Waals surface area (Å²) in [6, 6.07) is 4.71. The third-order valence-electron chi connectivity index (χ3n) is 2.46. The summed E-state index contributed by atoms with van der Waals surface area (Å²) in [5.41, 5.74) is 0. The van der Waals surface area contributed by atoms with E-state index in [1.807, 2.05) is 12.1 Å². The SMILES string of the molecule is CC(C)N(COP(OCCC#N)OCCC#N)C(C)C. The molecule has 0 rings (SSSR count). The van der Waals surface area contributed by atoms with E-state index in [-0.39, 0.29) is 13.2 Å². The van der Waals surface area contributed by atoms with Crippen LogP contribution in [-0.4, -0.2) is 36.9 Å². The summed E-state index contributed by atoms with van der Waals surface area (Å²) in [5.74, 6) is 0. The molecule has 0 saturated carbocycles. The minimum atomic E-state index is -1.51. The van der Waals surface area contributed by atoms with E-state index in [0.717, 1.165) is 0 Å². The van der Waals surface area contributed by atoms with Crippen molar-refractivity contribution < 1.29 is 13.6 Å². The van der Waals surface area contributed by atoms with E-state index in [1.54, 1.807) is 0 Å². The first kappa shape index (κ1) is 19.2. The molecule has 114 valence electrons. The number of hydrogen-bond donors (Lipinski definition) is 0. The number of hydrogen-bond acceptors (Lipinski definition) is 6. The zero-order chi connectivity index (χ0) is 15.4. The summed E-state index contributed by atoms with van der Waals surface area (Å²) >= 11 is 0. The molecule has 0 aliphatic carbocycles. The Kier molecular flexibility index (Phi) is 11.6. The molecule has 0 saturated heterocycles. The Morgan fingerprint density at radius 2 is 1.35 bits per heavy atom. The second kappa shape index (κ2) is 12.0. The van der Waals surface area contributed by atoms with Gasteiger partial charge in [-0.05, 0) is 27.7 Å². The van der Waals surface area contributed by atoms with E-state index in [1.165, 1.54) is 0 Å². The topological polar surface area (TPSA) is 78.5 Å². The van der Waals surface area contributed by atoms with Gasteiger partial charge in [0, 0.05) is 12.1 Å². The van der Waals surface area contributed by atoms with Crippen LogP contribution in [0.2, 0.25) is 0 Å². The Bertz CT molecular complexity index is 298. The second-order valence-corrected chi connectivity index (χ2v) is 5.89. The Labute approximate surface area is 123 Å². The number of nitrogens with zero attached hydrogens (tertiary/aromatic N) is 3. The van der Waals surface area contributed by atoms with Gasteiger partial charge < -0.3 is 9.05 Å². The molecule has 0 amide bonds. The maximum absolute atomic E-state index is 8.50. The predicted octanol–water partition coefficient (Wildman–Crippen LogP) is 3.17. The maximum Gasteiger partial charge on any atom is 0.334 e. The Hall–Kier alpha value is -0.750. The van der Waals surface area contributed by atoms with E-state index in [2.05, 4.69) is 32.6 Å². The summed E-state index contributed by atoms with van der Waals surface area (Å²) in [6.07, 6.45) is 0.587. The van der Waals surface area contributed by atoms with Gasteiger partial charge in [0.2, 0.25) is 0 Å². The van der Waals surface area contributed by atoms with Gasteiger partial charge in [0.15, 0.2) is 0 Å². The van der Waals surface area contributed by atoms with Gasteiger partial charge in [-0.25, -0.2) is 0 Å². The smallest absolute Gasteiger partial charge is 0.311 e. The molecule has 6 nitrogen and oxygen atoms in total. The molecule has 0 aromatic heterocycles. The highest BCUT2D eigenvalue weighted by Crippen LogP contribution is 2.40. The number of nitriles is 2. The van der Waals surface area contributed by atoms with Crippen molar-refractivity contribution in [1.82, 2.24) is 4.90 Å². The molecule has 0 aliphatic rings. The van der Waals surface area contributed by atoms with Crippen LogP contribution in [-0.2, 0) is 13.6 Å². The third kappa shape index (κ3) is 9.20. The molecule has 0 heterocycles. The van der Waals surface area contributed by atoms with Crippen molar-refractivity contribution >= 4 is 8.60 Å². The molecule has 0 aromatic carbocycles. The minimum absolute atomic E-state index is 0.276. The van der Waals surface area contributed by atoms with Crippen molar-refractivity contribution in [3.05, 3.63) is 0 Å². The van der Waals surface area contributed by atoms with Gasteiger partial charge in [0.05, 0.1) is 38.2 Å². The zero-order valence-corrected chi connectivity index (χ0v) is 13.6. The summed E-state index contributed by atoms with van der Waals surface area (Å²) in [6.45, 7) is 9.34. The maximum atomic E-state index is 8.50. The van der Waals surface area contributed by atoms with E-state index in [0.29, 0.717) is 31.7 Å². The van der Waals surface area contributed by atoms with Gasteiger partial charge in [0.25, 0.3) is 0 Å². The predicted molar refractivity (Wildman–Crippen MR) is 77.3 cm³/mol. The molecule has 0 aliphatic heterocycles. The van der Waals surface area contributed by atoms with Gasteiger partial charge in [-0.15, -0.1) is 0 Å². The molecule has 0 aromatic rings. The Balaban J connectivity index is 4.24. The highest BCUT2D eigenvalue weighted by atomic mass is 31.2. The standard InChI is InChI=1S/C13H24N3O3P/c1-12(2)16(13(3)4)11-19-20(17-9-5-7-14)18-10-6-8-15/h12-13H,5-6,9-11H2,1-4H3. The summed E-state index contributed by atoms with van der Waals surface area (Å²) in [5, 5.41) is 17.0. The fourth-order valence-corrected chi connectivity index (χ4v) is 2.38. The van der Waals surface area contributed by atoms with Crippen molar-refractivity contribution in [2.45, 2.75) is 52.6 Å². The highest BCUT2D eigenvalue weighted by molar-refractivity contribution is 7.41. The first-order chi connectivity index (χ1) is 9.52. The van der Waals surface area contributed by atoms with Crippen molar-refractivity contribution in [1.29, 1.82) is 10.5 Å². The molecule has 0 N–H and O–H groups in total. The summed E-state index contributed by atoms with van der Waals surface area (Å²) in [7, 11) is -1.51. The van der Waals surface area contributed by atoms with Gasteiger partial charge in [-0.2, -0.15) is 10.5 Å². The zero-order valence-electron chi connectivity index (χ0n) is 12.7. The summed E-state index contributed by atoms with van der Waals surface area (Å²) < 4.78 is 16.4. The lowest BCUT2D eigenvalue weighted by molar-refractivity contribution is 0.0474. The van der Waals surface area contributed by atoms with E-state index in [9.17, 15) is 0 Å². The second-order valence-electron chi connectivity index (χ2n) is 4.67. The van der Waals surface area contributed by atoms with Crippen LogP contribution in [0.1, 0.15) is 40.5 Å². The van der Waals surface area contributed by atoms with Crippen LogP contribution >= 0.6 is 8.60 Å². The minimum Gasteiger partial charge on any atom is -0.311 e. The first-order valence-electron chi connectivity index (χ1n) is 6.71. The van der Waals surface area contributed by atoms with Crippen LogP contribution in [0.25, 0.3) is 0 Å². The third-order valence-corrected chi connectivity index (χ3v) is 3.57. The van der Waals surface area contributed by atoms with Crippen molar-refractivity contribution in [3.63, 3.8) is 0 Å². The largest absolute Gasteiger partial charge is 0.334 e. The van der Waals surface area contributed by atoms with Crippen molar-refractivity contribution in [2.75, 3.05) is 19.9 Å². The van der Waals surface area contributed by atoms with Gasteiger partial charge >= 0.3 is 8.60 Å². The van der Waals surface area contributed by atoms with Gasteiger partial charge in [-0.1, -0.05) is 0 Å². The fourth-order valence-electron chi connectivity index (χ4n) is 1.45. The van der Waals surface area contributed by atoms with Gasteiger partial charge in [-0.3, -0.25) is 9.42 Å². The van der Waals surface area contributed by atoms with Crippen LogP contribution in [0.3, 0.4) is 0 Å². The van der Waals surface area contributed by atoms with Gasteiger partial charge in [0.1, 0.15) is 6.73 Å². The Morgan fingerprint density at radius 3 is 1.70 bits per heavy atom. The van der Waals surface area contributed by atoms with Crippen LogP contribution in [0, 0.1) is 22.7 Å². The van der Waals surface area contributed by atoms with E-state index < -0.39 is 8.60 Å². The monoisotopic (exact) mass is 301 g/mol. The highest BCUT2D eigenvalue weighted by Gasteiger charge is 2.18. The lowest BCUT2D eigenvalue weighted by atomic mass is 10.2. The molecule has 7 heteroatoms. The Morgan fingerprint density at radius 1 is 0.900 bits per heavy atom. The molecule has 0 atom stereocenters. The van der Waals surface area contributed by atoms with E-state index in [4.69, 9.17) is 24.1 Å².